The maximum atomic E-state index is 14.1. The second-order valence-corrected chi connectivity index (χ2v) is 47.1. The zero-order chi connectivity index (χ0) is 101. The van der Waals surface area contributed by atoms with Gasteiger partial charge in [-0.05, 0) is 386 Å². The van der Waals surface area contributed by atoms with Gasteiger partial charge in [-0.2, -0.15) is 0 Å². The van der Waals surface area contributed by atoms with Crippen LogP contribution in [0.5, 0.6) is 0 Å². The molecule has 24 nitrogen and oxygen atoms in total. The van der Waals surface area contributed by atoms with E-state index in [1.54, 1.807) is 33.7 Å². The summed E-state index contributed by atoms with van der Waals surface area (Å²) in [5.74, 6) is 0.719. The van der Waals surface area contributed by atoms with Crippen molar-refractivity contribution < 1.29 is 77.1 Å². The number of nitrogens with one attached hydrogen (secondary N) is 2. The van der Waals surface area contributed by atoms with Crippen molar-refractivity contribution in [3.8, 4) is 0 Å². The van der Waals surface area contributed by atoms with Crippen molar-refractivity contribution in [1.82, 2.24) is 40.0 Å². The number of carbonyl (C=O) groups is 10. The van der Waals surface area contributed by atoms with Crippen LogP contribution >= 0.6 is 23.2 Å². The summed E-state index contributed by atoms with van der Waals surface area (Å²) in [6.45, 7) is 37.7. The minimum absolute atomic E-state index is 0.00972. The molecule has 5 atom stereocenters. The molecule has 26 heteroatoms. The maximum Gasteiger partial charge on any atom is 0.410 e. The highest BCUT2D eigenvalue weighted by Gasteiger charge is 2.50. The van der Waals surface area contributed by atoms with Gasteiger partial charge in [0, 0.05) is 106 Å². The molecular weight excluding hydrogens is 1800 g/mol. The highest BCUT2D eigenvalue weighted by atomic mass is 35.5. The standard InChI is InChI=1S/C31H44N2O5.C28H39ClN2O3.C27H37ClN2O3.C27H36N2O5/c1-19(2)15-26-25-16-22-9-7-8-10-23(22)24(25)17-27(29(35)36)33(26)28(34)21-13-11-20(12-14-21)18-32(6)30(37)38-31(3,4)5;1-17(2)25-24-15-20-14-21(29)10-11-22(20)23(24)12-13-31(25)26(32)19-8-6-18(7-9-19)16-30-27(33)34-28(3,4)5;1-5-24-23-15-19-14-20(28)10-11-21(19)22(23)12-13-30(24)25(31)18-8-6-17(7-9-18)16-29-26(32)33-27(2,3)4;1-27(2,3)34-26(33)28(4)15-17-9-11-18(12-10-17)24(30)29-16-20-13-19-7-5-6-8-21(19)22(20)14-23(29)25(31)32/h7-10,19-21,26-27H,11-18H2,1-6H3,(H,35,36);10-11,14,17-19,25H,6-9,12-13,15-16H2,1-5H3,(H,30,33);10-11,14,17-18,24H,5-9,12-13,15-16H2,1-4H3,(H,29,32);5-8,17-18,23H,9-16H2,1-4H3,(H,31,32)/t;;;17?,18?,23-/m...0/s1. The van der Waals surface area contributed by atoms with Gasteiger partial charge in [0.05, 0.1) is 18.1 Å². The van der Waals surface area contributed by atoms with E-state index in [0.717, 1.165) is 200 Å². The van der Waals surface area contributed by atoms with Gasteiger partial charge < -0.3 is 69.2 Å². The number of carboxylic acid groups (broad SMARTS) is 2. The molecule has 758 valence electrons. The molecule has 0 spiro atoms. The Kier molecular flexibility index (Phi) is 34.7. The third-order valence-electron chi connectivity index (χ3n) is 30.4. The number of nitrogens with zero attached hydrogens (tertiary/aromatic N) is 6. The lowest BCUT2D eigenvalue weighted by Gasteiger charge is -2.44. The molecule has 0 radical (unpaired) electrons. The Morgan fingerprint density at radius 3 is 1.24 bits per heavy atom. The predicted octanol–water partition coefficient (Wildman–Crippen LogP) is 22.4. The van der Waals surface area contributed by atoms with Crippen LogP contribution in [0.2, 0.25) is 10.0 Å². The van der Waals surface area contributed by atoms with Gasteiger partial charge in [0.1, 0.15) is 34.5 Å². The quantitative estimate of drug-likeness (QED) is 0.0673. The fourth-order valence-electron chi connectivity index (χ4n) is 23.9. The van der Waals surface area contributed by atoms with Gasteiger partial charge in [0.2, 0.25) is 23.6 Å². The number of carbonyl (C=O) groups excluding carboxylic acids is 8. The molecular formula is C113H156Cl2N8O16. The number of rotatable bonds is 18. The number of ether oxygens (including phenoxy) is 4. The number of carboxylic acids is 2. The van der Waals surface area contributed by atoms with E-state index in [-0.39, 0.29) is 78.0 Å². The van der Waals surface area contributed by atoms with E-state index >= 15 is 0 Å². The highest BCUT2D eigenvalue weighted by molar-refractivity contribution is 6.31. The van der Waals surface area contributed by atoms with E-state index in [1.165, 1.54) is 66.8 Å². The number of hydrogen-bond acceptors (Lipinski definition) is 14. The van der Waals surface area contributed by atoms with E-state index in [0.29, 0.717) is 92.9 Å². The van der Waals surface area contributed by atoms with Gasteiger partial charge in [-0.1, -0.05) is 118 Å². The lowest BCUT2D eigenvalue weighted by Crippen LogP contribution is -2.56. The van der Waals surface area contributed by atoms with Crippen LogP contribution in [-0.4, -0.2) is 212 Å². The lowest BCUT2D eigenvalue weighted by atomic mass is 9.78. The summed E-state index contributed by atoms with van der Waals surface area (Å²) >= 11 is 12.5. The van der Waals surface area contributed by atoms with E-state index in [1.807, 2.05) is 119 Å². The van der Waals surface area contributed by atoms with Gasteiger partial charge in [-0.3, -0.25) is 19.2 Å². The van der Waals surface area contributed by atoms with Crippen LogP contribution in [-0.2, 0) is 73.4 Å². The van der Waals surface area contributed by atoms with Gasteiger partial charge in [0.25, 0.3) is 0 Å². The first-order valence-corrected chi connectivity index (χ1v) is 52.5. The molecule has 0 bridgehead atoms. The number of hydrogen-bond donors (Lipinski definition) is 4. The molecule has 4 aromatic rings. The minimum Gasteiger partial charge on any atom is -0.480 e. The van der Waals surface area contributed by atoms with Crippen molar-refractivity contribution in [1.29, 1.82) is 0 Å². The fraction of sp³-hybridized carbons (Fsp3) is 0.628. The lowest BCUT2D eigenvalue weighted by molar-refractivity contribution is -0.155. The normalized spacial score (nSPS) is 24.8. The SMILES string of the molecule is CC(C)C1C2=C(CCN1C(=O)C1CCC(CNC(=O)OC(C)(C)C)CC1)c1ccc(Cl)cc1C2.CC(C)CC1C2=C(CC(C(=O)O)N1C(=O)C1CCC(CN(C)C(=O)OC(C)(C)C)CC1)c1ccccc1C2.CCC1C2=C(CCN1C(=O)C1CCC(CNC(=O)OC(C)(C)C)CC1)c1ccc(Cl)cc1C2.CN(CC1CCC(C(=O)N2CC3=C(C[C@H]2C(=O)O)c2ccccc2C3)CC1)C(=O)OC(C)(C)C. The Hall–Kier alpha value is -9.68. The predicted molar refractivity (Wildman–Crippen MR) is 546 cm³/mol. The van der Waals surface area contributed by atoms with Gasteiger partial charge in [-0.25, -0.2) is 28.8 Å². The molecule has 4 heterocycles. The van der Waals surface area contributed by atoms with Crippen molar-refractivity contribution in [3.63, 3.8) is 0 Å². The average Bonchev–Trinajstić information content (AvgIpc) is 1.63. The van der Waals surface area contributed by atoms with E-state index in [2.05, 4.69) is 104 Å². The van der Waals surface area contributed by atoms with Gasteiger partial charge >= 0.3 is 36.3 Å². The zero-order valence-electron chi connectivity index (χ0n) is 86.1. The van der Waals surface area contributed by atoms with E-state index < -0.39 is 46.4 Å². The molecule has 4 fully saturated rings. The molecule has 12 aliphatic rings. The number of amides is 8. The largest absolute Gasteiger partial charge is 0.480 e. The van der Waals surface area contributed by atoms with Crippen LogP contribution in [0.3, 0.4) is 0 Å². The van der Waals surface area contributed by atoms with Crippen LogP contribution in [0.15, 0.2) is 107 Å². The summed E-state index contributed by atoms with van der Waals surface area (Å²) in [4.78, 5) is 139. The molecule has 0 aromatic heterocycles. The molecule has 8 aliphatic carbocycles. The van der Waals surface area contributed by atoms with Crippen LogP contribution in [0, 0.1) is 59.2 Å². The Balaban J connectivity index is 0.000000156. The monoisotopic (exact) mass is 1950 g/mol. The maximum absolute atomic E-state index is 14.1. The third kappa shape index (κ3) is 26.8. The third-order valence-corrected chi connectivity index (χ3v) is 30.9. The molecule has 16 rings (SSSR count). The second-order valence-electron chi connectivity index (χ2n) is 46.2. The molecule has 139 heavy (non-hydrogen) atoms. The van der Waals surface area contributed by atoms with Gasteiger partial charge in [0.15, 0.2) is 0 Å². The zero-order valence-corrected chi connectivity index (χ0v) is 87.6. The minimum atomic E-state index is -0.933. The Bertz CT molecular complexity index is 5300. The molecule has 4 aromatic carbocycles. The average molecular weight is 1950 g/mol. The number of benzene rings is 4. The van der Waals surface area contributed by atoms with E-state index in [9.17, 15) is 58.2 Å². The van der Waals surface area contributed by atoms with Crippen molar-refractivity contribution in [2.75, 3.05) is 59.9 Å². The number of fused-ring (bicyclic) bond motifs is 8. The molecule has 4 aliphatic heterocycles. The van der Waals surface area contributed by atoms with Crippen LogP contribution < -0.4 is 10.6 Å². The summed E-state index contributed by atoms with van der Waals surface area (Å²) in [6, 6.07) is 27.4. The molecule has 0 saturated heterocycles. The van der Waals surface area contributed by atoms with Crippen LogP contribution in [0.1, 0.15) is 303 Å². The fourth-order valence-corrected chi connectivity index (χ4v) is 24.3. The molecule has 8 amide bonds. The summed E-state index contributed by atoms with van der Waals surface area (Å²) in [6.07, 6.45) is 20.0. The second kappa shape index (κ2) is 45.3. The number of halogens is 2. The first-order valence-electron chi connectivity index (χ1n) is 51.7. The van der Waals surface area contributed by atoms with Gasteiger partial charge in [-0.15, -0.1) is 0 Å². The highest BCUT2D eigenvalue weighted by Crippen LogP contribution is 2.51. The Labute approximate surface area is 835 Å². The summed E-state index contributed by atoms with van der Waals surface area (Å²) in [7, 11) is 3.51. The van der Waals surface area contributed by atoms with Crippen molar-refractivity contribution in [2.24, 2.45) is 59.2 Å². The summed E-state index contributed by atoms with van der Waals surface area (Å²) in [5, 5.41) is 27.6. The first kappa shape index (κ1) is 107. The topological polar surface area (TPSA) is 292 Å². The molecule has 4 unspecified atom stereocenters. The van der Waals surface area contributed by atoms with Crippen LogP contribution in [0.4, 0.5) is 19.2 Å². The number of aliphatic carboxylic acids is 2. The van der Waals surface area contributed by atoms with Crippen LogP contribution in [0.25, 0.3) is 22.3 Å². The van der Waals surface area contributed by atoms with Crippen molar-refractivity contribution in [2.45, 2.75) is 337 Å². The van der Waals surface area contributed by atoms with E-state index in [4.69, 9.17) is 42.1 Å². The van der Waals surface area contributed by atoms with Crippen molar-refractivity contribution in [3.05, 3.63) is 162 Å². The molecule has 4 saturated carbocycles. The Morgan fingerprint density at radius 2 is 0.799 bits per heavy atom. The smallest absolute Gasteiger partial charge is 0.410 e. The number of alkyl carbamates (subject to hydrolysis) is 2. The van der Waals surface area contributed by atoms with Crippen molar-refractivity contribution >= 4 is 105 Å². The summed E-state index contributed by atoms with van der Waals surface area (Å²) in [5.41, 5.74) is 18.4. The first-order chi connectivity index (χ1) is 65.6. The summed E-state index contributed by atoms with van der Waals surface area (Å²) < 4.78 is 21.6. The molecule has 4 N–H and O–H groups in total. The Morgan fingerprint density at radius 1 is 0.424 bits per heavy atom.